The fourth-order valence-corrected chi connectivity index (χ4v) is 2.25. The zero-order valence-electron chi connectivity index (χ0n) is 14.8. The number of carbonyl (C=O) groups excluding carboxylic acids is 1. The van der Waals surface area contributed by atoms with Gasteiger partial charge in [-0.25, -0.2) is 4.79 Å². The van der Waals surface area contributed by atoms with Crippen LogP contribution in [0.4, 0.5) is 4.79 Å². The maximum atomic E-state index is 12.5. The van der Waals surface area contributed by atoms with Gasteiger partial charge >= 0.3 is 6.03 Å². The van der Waals surface area contributed by atoms with E-state index in [9.17, 15) is 4.79 Å². The summed E-state index contributed by atoms with van der Waals surface area (Å²) in [6.45, 7) is 3.95. The molecule has 25 heavy (non-hydrogen) atoms. The molecule has 132 valence electrons. The van der Waals surface area contributed by atoms with E-state index in [0.717, 1.165) is 17.8 Å². The van der Waals surface area contributed by atoms with Crippen LogP contribution in [-0.4, -0.2) is 48.2 Å². The number of carbonyl (C=O) groups is 1. The van der Waals surface area contributed by atoms with Crippen molar-refractivity contribution in [2.24, 2.45) is 0 Å². The van der Waals surface area contributed by atoms with Crippen molar-refractivity contribution in [1.29, 1.82) is 5.26 Å². The van der Waals surface area contributed by atoms with E-state index in [0.29, 0.717) is 31.0 Å². The summed E-state index contributed by atoms with van der Waals surface area (Å²) < 4.78 is 5.11. The molecular weight excluding hydrogens is 318 g/mol. The minimum atomic E-state index is -0.166. The molecule has 0 bridgehead atoms. The molecule has 0 aliphatic heterocycles. The molecule has 2 aromatic rings. The predicted molar refractivity (Wildman–Crippen MR) is 93.6 cm³/mol. The van der Waals surface area contributed by atoms with Crippen LogP contribution in [0, 0.1) is 18.3 Å². The highest BCUT2D eigenvalue weighted by Gasteiger charge is 2.15. The topological polar surface area (TPSA) is 85.4 Å². The van der Waals surface area contributed by atoms with Crippen LogP contribution >= 0.6 is 0 Å². The number of nitrogens with one attached hydrogen (secondary N) is 1. The van der Waals surface area contributed by atoms with Gasteiger partial charge in [-0.2, -0.15) is 5.26 Å². The van der Waals surface area contributed by atoms with Gasteiger partial charge in [0, 0.05) is 25.7 Å². The van der Waals surface area contributed by atoms with E-state index in [2.05, 4.69) is 16.5 Å². The molecular formula is C18H23N5O2. The summed E-state index contributed by atoms with van der Waals surface area (Å²) in [6, 6.07) is 11.0. The van der Waals surface area contributed by atoms with Gasteiger partial charge < -0.3 is 19.6 Å². The molecule has 0 fully saturated rings. The molecule has 7 heteroatoms. The summed E-state index contributed by atoms with van der Waals surface area (Å²) in [5.41, 5.74) is 2.36. The number of hydrogen-bond acceptors (Lipinski definition) is 5. The van der Waals surface area contributed by atoms with Crippen LogP contribution in [0.3, 0.4) is 0 Å². The number of nitriles is 1. The van der Waals surface area contributed by atoms with Crippen LogP contribution in [0.25, 0.3) is 0 Å². The zero-order valence-corrected chi connectivity index (χ0v) is 14.8. The highest BCUT2D eigenvalue weighted by atomic mass is 16.5. The second-order valence-corrected chi connectivity index (χ2v) is 6.13. The second kappa shape index (κ2) is 8.85. The van der Waals surface area contributed by atoms with Crippen molar-refractivity contribution >= 4 is 6.03 Å². The van der Waals surface area contributed by atoms with Gasteiger partial charge in [0.15, 0.2) is 5.76 Å². The second-order valence-electron chi connectivity index (χ2n) is 6.13. The standard InChI is InChI=1S/C18H23N5O2/c1-14-10-17(25-21-14)12-20-18(24)23(9-8-22(2)3)13-16-6-4-15(11-19)5-7-16/h4-7,10H,8-9,12-13H2,1-3H3,(H,20,24). The first-order valence-electron chi connectivity index (χ1n) is 8.06. The minimum Gasteiger partial charge on any atom is -0.359 e. The first kappa shape index (κ1) is 18.5. The van der Waals surface area contributed by atoms with Crippen LogP contribution in [0.5, 0.6) is 0 Å². The lowest BCUT2D eigenvalue weighted by atomic mass is 10.1. The number of benzene rings is 1. The quantitative estimate of drug-likeness (QED) is 0.834. The SMILES string of the molecule is Cc1cc(CNC(=O)N(CCN(C)C)Cc2ccc(C#N)cc2)on1. The van der Waals surface area contributed by atoms with Crippen LogP contribution in [0.2, 0.25) is 0 Å². The van der Waals surface area contributed by atoms with E-state index in [1.807, 2.05) is 38.1 Å². The molecule has 0 atom stereocenters. The van der Waals surface area contributed by atoms with Crippen molar-refractivity contribution < 1.29 is 9.32 Å². The smallest absolute Gasteiger partial charge is 0.318 e. The Balaban J connectivity index is 1.99. The Morgan fingerprint density at radius 2 is 2.00 bits per heavy atom. The predicted octanol–water partition coefficient (Wildman–Crippen LogP) is 2.13. The Morgan fingerprint density at radius 3 is 2.56 bits per heavy atom. The number of aromatic nitrogens is 1. The highest BCUT2D eigenvalue weighted by molar-refractivity contribution is 5.74. The maximum Gasteiger partial charge on any atom is 0.318 e. The van der Waals surface area contributed by atoms with E-state index in [4.69, 9.17) is 9.78 Å². The lowest BCUT2D eigenvalue weighted by molar-refractivity contribution is 0.187. The Bertz CT molecular complexity index is 731. The van der Waals surface area contributed by atoms with Gasteiger partial charge in [0.1, 0.15) is 0 Å². The van der Waals surface area contributed by atoms with E-state index in [1.165, 1.54) is 0 Å². The fraction of sp³-hybridized carbons (Fsp3) is 0.389. The number of nitrogens with zero attached hydrogens (tertiary/aromatic N) is 4. The van der Waals surface area contributed by atoms with E-state index >= 15 is 0 Å². The van der Waals surface area contributed by atoms with Crippen LogP contribution < -0.4 is 5.32 Å². The van der Waals surface area contributed by atoms with Gasteiger partial charge in [0.05, 0.1) is 23.9 Å². The van der Waals surface area contributed by atoms with E-state index < -0.39 is 0 Å². The summed E-state index contributed by atoms with van der Waals surface area (Å²) in [4.78, 5) is 16.3. The van der Waals surface area contributed by atoms with E-state index in [-0.39, 0.29) is 6.03 Å². The molecule has 2 rings (SSSR count). The number of hydrogen-bond donors (Lipinski definition) is 1. The molecule has 1 N–H and O–H groups in total. The fourth-order valence-electron chi connectivity index (χ4n) is 2.25. The van der Waals surface area contributed by atoms with Crippen molar-refractivity contribution in [2.45, 2.75) is 20.0 Å². The first-order valence-corrected chi connectivity index (χ1v) is 8.06. The van der Waals surface area contributed by atoms with Crippen molar-refractivity contribution in [3.63, 3.8) is 0 Å². The van der Waals surface area contributed by atoms with Gasteiger partial charge in [0.2, 0.25) is 0 Å². The molecule has 2 amide bonds. The lowest BCUT2D eigenvalue weighted by Crippen LogP contribution is -2.42. The molecule has 0 aliphatic carbocycles. The van der Waals surface area contributed by atoms with Gasteiger partial charge in [-0.1, -0.05) is 17.3 Å². The molecule has 0 saturated carbocycles. The van der Waals surface area contributed by atoms with E-state index in [1.54, 1.807) is 23.1 Å². The summed E-state index contributed by atoms with van der Waals surface area (Å²) in [5, 5.41) is 15.6. The monoisotopic (exact) mass is 341 g/mol. The Morgan fingerprint density at radius 1 is 1.28 bits per heavy atom. The summed E-state index contributed by atoms with van der Waals surface area (Å²) in [6.07, 6.45) is 0. The first-order chi connectivity index (χ1) is 12.0. The third kappa shape index (κ3) is 5.94. The third-order valence-corrected chi connectivity index (χ3v) is 3.65. The van der Waals surface area contributed by atoms with Crippen molar-refractivity contribution in [2.75, 3.05) is 27.2 Å². The molecule has 1 heterocycles. The molecule has 0 spiro atoms. The average molecular weight is 341 g/mol. The minimum absolute atomic E-state index is 0.166. The lowest BCUT2D eigenvalue weighted by Gasteiger charge is -2.24. The maximum absolute atomic E-state index is 12.5. The third-order valence-electron chi connectivity index (χ3n) is 3.65. The van der Waals surface area contributed by atoms with Gasteiger partial charge in [0.25, 0.3) is 0 Å². The molecule has 1 aromatic carbocycles. The summed E-state index contributed by atoms with van der Waals surface area (Å²) >= 11 is 0. The summed E-state index contributed by atoms with van der Waals surface area (Å²) in [7, 11) is 3.93. The molecule has 0 radical (unpaired) electrons. The number of rotatable bonds is 7. The Kier molecular flexibility index (Phi) is 6.54. The number of amides is 2. The molecule has 0 unspecified atom stereocenters. The van der Waals surface area contributed by atoms with Gasteiger partial charge in [-0.15, -0.1) is 0 Å². The Labute approximate surface area is 147 Å². The largest absolute Gasteiger partial charge is 0.359 e. The van der Waals surface area contributed by atoms with Crippen LogP contribution in [0.15, 0.2) is 34.9 Å². The normalized spacial score (nSPS) is 10.5. The van der Waals surface area contributed by atoms with Gasteiger partial charge in [-0.3, -0.25) is 0 Å². The highest BCUT2D eigenvalue weighted by Crippen LogP contribution is 2.08. The van der Waals surface area contributed by atoms with Gasteiger partial charge in [-0.05, 0) is 38.7 Å². The van der Waals surface area contributed by atoms with Crippen LogP contribution in [0.1, 0.15) is 22.6 Å². The molecule has 0 saturated heterocycles. The van der Waals surface area contributed by atoms with Crippen LogP contribution in [-0.2, 0) is 13.1 Å². The van der Waals surface area contributed by atoms with Crippen molar-refractivity contribution in [1.82, 2.24) is 20.3 Å². The van der Waals surface area contributed by atoms with Crippen molar-refractivity contribution in [3.05, 3.63) is 52.9 Å². The molecule has 7 nitrogen and oxygen atoms in total. The van der Waals surface area contributed by atoms with Crippen molar-refractivity contribution in [3.8, 4) is 6.07 Å². The summed E-state index contributed by atoms with van der Waals surface area (Å²) in [5.74, 6) is 0.622. The number of likely N-dealkylation sites (N-methyl/N-ethyl adjacent to an activating group) is 1. The number of urea groups is 1. The average Bonchev–Trinajstić information content (AvgIpc) is 3.02. The molecule has 0 aliphatic rings. The number of aryl methyl sites for hydroxylation is 1. The molecule has 1 aromatic heterocycles. The Hall–Kier alpha value is -2.85. The zero-order chi connectivity index (χ0) is 18.2.